The molecule has 0 N–H and O–H groups in total. The van der Waals surface area contributed by atoms with E-state index >= 15 is 0 Å². The fraction of sp³-hybridized carbons (Fsp3) is 0.318. The summed E-state index contributed by atoms with van der Waals surface area (Å²) < 4.78 is 22.1. The Morgan fingerprint density at radius 1 is 1.14 bits per heavy atom. The van der Waals surface area contributed by atoms with Crippen LogP contribution in [-0.4, -0.2) is 30.1 Å². The molecule has 4 atom stereocenters. The smallest absolute Gasteiger partial charge is 0.338 e. The molecule has 0 spiro atoms. The number of carbonyl (C=O) groups is 3. The lowest BCUT2D eigenvalue weighted by Gasteiger charge is -2.40. The van der Waals surface area contributed by atoms with Gasteiger partial charge in [0.05, 0.1) is 23.5 Å². The van der Waals surface area contributed by atoms with E-state index in [-0.39, 0.29) is 12.5 Å². The number of fused-ring (bicyclic) bond motifs is 3. The molecule has 1 fully saturated rings. The van der Waals surface area contributed by atoms with Gasteiger partial charge in [-0.2, -0.15) is 0 Å². The normalized spacial score (nSPS) is 30.4. The van der Waals surface area contributed by atoms with Gasteiger partial charge in [0, 0.05) is 29.6 Å². The van der Waals surface area contributed by atoms with Crippen LogP contribution in [0, 0.1) is 5.41 Å². The lowest BCUT2D eigenvalue weighted by atomic mass is 9.68. The van der Waals surface area contributed by atoms with Gasteiger partial charge < -0.3 is 18.6 Å². The number of benzene rings is 1. The first-order valence-corrected chi connectivity index (χ1v) is 9.41. The minimum Gasteiger partial charge on any atom is -0.472 e. The molecule has 7 heteroatoms. The third kappa shape index (κ3) is 2.68. The highest BCUT2D eigenvalue weighted by molar-refractivity contribution is 5.97. The van der Waals surface area contributed by atoms with Gasteiger partial charge in [0.1, 0.15) is 6.10 Å². The van der Waals surface area contributed by atoms with Crippen LogP contribution in [-0.2, 0) is 23.8 Å². The number of cyclic esters (lactones) is 1. The fourth-order valence-corrected chi connectivity index (χ4v) is 4.50. The second-order valence-corrected chi connectivity index (χ2v) is 7.73. The second kappa shape index (κ2) is 6.34. The summed E-state index contributed by atoms with van der Waals surface area (Å²) in [6.07, 6.45) is 1.36. The average Bonchev–Trinajstić information content (AvgIpc) is 3.32. The fourth-order valence-electron chi connectivity index (χ4n) is 4.50. The molecule has 7 nitrogen and oxygen atoms in total. The molecule has 4 unspecified atom stereocenters. The van der Waals surface area contributed by atoms with Crippen LogP contribution in [0.3, 0.4) is 0 Å². The zero-order valence-corrected chi connectivity index (χ0v) is 15.6. The summed E-state index contributed by atoms with van der Waals surface area (Å²) in [7, 11) is 0. The van der Waals surface area contributed by atoms with Gasteiger partial charge in [0.15, 0.2) is 12.2 Å². The van der Waals surface area contributed by atoms with Gasteiger partial charge in [-0.05, 0) is 25.1 Å². The first kappa shape index (κ1) is 17.7. The summed E-state index contributed by atoms with van der Waals surface area (Å²) in [6.45, 7) is 1.73. The number of esters is 3. The molecule has 1 aliphatic carbocycles. The van der Waals surface area contributed by atoms with Crippen LogP contribution < -0.4 is 0 Å². The summed E-state index contributed by atoms with van der Waals surface area (Å²) in [5.74, 6) is -1.49. The molecule has 2 aliphatic heterocycles. The molecular formula is C22H18O7. The number of ether oxygens (including phenoxy) is 3. The van der Waals surface area contributed by atoms with Crippen LogP contribution in [0.1, 0.15) is 41.8 Å². The van der Waals surface area contributed by atoms with E-state index in [1.165, 1.54) is 12.5 Å². The maximum Gasteiger partial charge on any atom is 0.338 e. The largest absolute Gasteiger partial charge is 0.472 e. The van der Waals surface area contributed by atoms with Crippen molar-refractivity contribution in [2.45, 2.75) is 38.1 Å². The van der Waals surface area contributed by atoms with Crippen LogP contribution >= 0.6 is 0 Å². The zero-order valence-electron chi connectivity index (χ0n) is 15.6. The number of rotatable bonds is 3. The van der Waals surface area contributed by atoms with Crippen molar-refractivity contribution in [2.75, 3.05) is 0 Å². The SMILES string of the molecule is CC12CC(CC3=C1C(OC(=O)c1ccccc1)C(c1ccoc1)OC3=O)OC2=O. The van der Waals surface area contributed by atoms with Crippen molar-refractivity contribution in [1.29, 1.82) is 0 Å². The molecule has 5 rings (SSSR count). The van der Waals surface area contributed by atoms with Gasteiger partial charge in [0.2, 0.25) is 0 Å². The van der Waals surface area contributed by atoms with E-state index < -0.39 is 35.5 Å². The Kier molecular flexibility index (Phi) is 3.87. The highest BCUT2D eigenvalue weighted by atomic mass is 16.6. The lowest BCUT2D eigenvalue weighted by Crippen LogP contribution is -2.45. The van der Waals surface area contributed by atoms with Crippen molar-refractivity contribution in [3.8, 4) is 0 Å². The van der Waals surface area contributed by atoms with E-state index in [0.717, 1.165) is 0 Å². The van der Waals surface area contributed by atoms with E-state index in [1.54, 1.807) is 43.3 Å². The number of hydrogen-bond acceptors (Lipinski definition) is 7. The van der Waals surface area contributed by atoms with Crippen LogP contribution in [0.25, 0.3) is 0 Å². The van der Waals surface area contributed by atoms with Gasteiger partial charge in [-0.25, -0.2) is 9.59 Å². The topological polar surface area (TPSA) is 92.0 Å². The summed E-state index contributed by atoms with van der Waals surface area (Å²) in [4.78, 5) is 38.3. The van der Waals surface area contributed by atoms with Crippen LogP contribution in [0.4, 0.5) is 0 Å². The molecule has 0 amide bonds. The van der Waals surface area contributed by atoms with Crippen molar-refractivity contribution in [2.24, 2.45) is 5.41 Å². The van der Waals surface area contributed by atoms with Crippen molar-refractivity contribution >= 4 is 17.9 Å². The maximum absolute atomic E-state index is 12.9. The molecule has 1 aromatic carbocycles. The average molecular weight is 394 g/mol. The van der Waals surface area contributed by atoms with Gasteiger partial charge in [0.25, 0.3) is 0 Å². The predicted octanol–water partition coefficient (Wildman–Crippen LogP) is 3.13. The van der Waals surface area contributed by atoms with E-state index in [0.29, 0.717) is 28.7 Å². The highest BCUT2D eigenvalue weighted by Crippen LogP contribution is 2.54. The summed E-state index contributed by atoms with van der Waals surface area (Å²) in [5.41, 5.74) is 0.711. The Labute approximate surface area is 166 Å². The Morgan fingerprint density at radius 2 is 1.93 bits per heavy atom. The van der Waals surface area contributed by atoms with Crippen molar-refractivity contribution in [3.63, 3.8) is 0 Å². The third-order valence-electron chi connectivity index (χ3n) is 5.87. The molecule has 0 radical (unpaired) electrons. The molecule has 1 saturated heterocycles. The number of hydrogen-bond donors (Lipinski definition) is 0. The van der Waals surface area contributed by atoms with Crippen molar-refractivity contribution < 1.29 is 33.0 Å². The van der Waals surface area contributed by atoms with Crippen LogP contribution in [0.2, 0.25) is 0 Å². The Morgan fingerprint density at radius 3 is 2.66 bits per heavy atom. The van der Waals surface area contributed by atoms with Gasteiger partial charge in [-0.3, -0.25) is 4.79 Å². The van der Waals surface area contributed by atoms with E-state index in [9.17, 15) is 14.4 Å². The van der Waals surface area contributed by atoms with E-state index in [1.807, 2.05) is 0 Å². The minimum atomic E-state index is -1.04. The van der Waals surface area contributed by atoms with Crippen LogP contribution in [0.15, 0.2) is 64.5 Å². The first-order chi connectivity index (χ1) is 14.0. The van der Waals surface area contributed by atoms with Gasteiger partial charge in [-0.15, -0.1) is 0 Å². The van der Waals surface area contributed by atoms with Gasteiger partial charge >= 0.3 is 17.9 Å². The zero-order chi connectivity index (χ0) is 20.2. The lowest BCUT2D eigenvalue weighted by molar-refractivity contribution is -0.155. The number of furan rings is 1. The molecule has 2 bridgehead atoms. The monoisotopic (exact) mass is 394 g/mol. The molecular weight excluding hydrogens is 376 g/mol. The quantitative estimate of drug-likeness (QED) is 0.583. The minimum absolute atomic E-state index is 0.257. The molecule has 2 aromatic rings. The maximum atomic E-state index is 12.9. The molecule has 148 valence electrons. The molecule has 3 aliphatic rings. The van der Waals surface area contributed by atoms with E-state index in [2.05, 4.69) is 0 Å². The Hall–Kier alpha value is -3.35. The Bertz CT molecular complexity index is 1020. The molecule has 1 aromatic heterocycles. The first-order valence-electron chi connectivity index (χ1n) is 9.41. The predicted molar refractivity (Wildman–Crippen MR) is 97.4 cm³/mol. The summed E-state index contributed by atoms with van der Waals surface area (Å²) in [5, 5.41) is 0. The van der Waals surface area contributed by atoms with E-state index in [4.69, 9.17) is 18.6 Å². The van der Waals surface area contributed by atoms with Crippen LogP contribution in [0.5, 0.6) is 0 Å². The summed E-state index contributed by atoms with van der Waals surface area (Å²) in [6, 6.07) is 10.2. The standard InChI is InChI=1S/C22H18O7/c1-22-10-14(27-21(22)25)9-15-16(22)18(29-19(23)12-5-3-2-4-6-12)17(28-20(15)24)13-7-8-26-11-13/h2-8,11,14,17-18H,9-10H2,1H3. The molecule has 0 saturated carbocycles. The highest BCUT2D eigenvalue weighted by Gasteiger charge is 2.59. The third-order valence-corrected chi connectivity index (χ3v) is 5.87. The Balaban J connectivity index is 1.61. The van der Waals surface area contributed by atoms with Gasteiger partial charge in [-0.1, -0.05) is 18.2 Å². The van der Waals surface area contributed by atoms with Crippen molar-refractivity contribution in [1.82, 2.24) is 0 Å². The number of carbonyl (C=O) groups excluding carboxylic acids is 3. The summed E-state index contributed by atoms with van der Waals surface area (Å²) >= 11 is 0. The van der Waals surface area contributed by atoms with Crippen molar-refractivity contribution in [3.05, 3.63) is 71.2 Å². The molecule has 3 heterocycles. The second-order valence-electron chi connectivity index (χ2n) is 7.73. The molecule has 29 heavy (non-hydrogen) atoms.